The molecule has 0 aliphatic carbocycles. The van der Waals surface area contributed by atoms with Crippen molar-refractivity contribution in [3.63, 3.8) is 0 Å². The summed E-state index contributed by atoms with van der Waals surface area (Å²) < 4.78 is 0. The summed E-state index contributed by atoms with van der Waals surface area (Å²) >= 11 is 0. The largest absolute Gasteiger partial charge is 1.00 e. The Morgan fingerprint density at radius 1 is 1.57 bits per heavy atom. The Balaban J connectivity index is -0.0000000150. The van der Waals surface area contributed by atoms with E-state index in [0.717, 1.165) is 6.08 Å². The molecule has 0 unspecified atom stereocenters. The Hall–Kier alpha value is 0.942. The third-order valence-electron chi connectivity index (χ3n) is 0.0833. The Labute approximate surface area is 74.2 Å². The topological polar surface area (TPSA) is 17.1 Å². The summed E-state index contributed by atoms with van der Waals surface area (Å²) in [6.45, 7) is 3.06. The molecule has 7 heavy (non-hydrogen) atoms. The van der Waals surface area contributed by atoms with Crippen LogP contribution in [0, 0.1) is 0 Å². The summed E-state index contributed by atoms with van der Waals surface area (Å²) in [4.78, 5) is 8.93. The van der Waals surface area contributed by atoms with E-state index < -0.39 is 0 Å². The molecule has 0 fully saturated rings. The van der Waals surface area contributed by atoms with Gasteiger partial charge >= 0.3 is 17.1 Å². The predicted octanol–water partition coefficient (Wildman–Crippen LogP) is 0.275. The van der Waals surface area contributed by atoms with E-state index in [9.17, 15) is 0 Å². The van der Waals surface area contributed by atoms with E-state index in [4.69, 9.17) is 4.79 Å². The second kappa shape index (κ2) is 28.3. The van der Waals surface area contributed by atoms with E-state index in [1.54, 1.807) is 0 Å². The van der Waals surface area contributed by atoms with Crippen molar-refractivity contribution < 1.29 is 55.4 Å². The number of carbonyl (C=O) groups excluding carboxylic acids is 1. The van der Waals surface area contributed by atoms with E-state index in [0.29, 0.717) is 0 Å². The molecule has 0 atom stereocenters. The first-order valence-corrected chi connectivity index (χ1v) is 0.901. The minimum atomic E-state index is 0. The van der Waals surface area contributed by atoms with Crippen LogP contribution >= 0.6 is 0 Å². The van der Waals surface area contributed by atoms with E-state index in [-0.39, 0.29) is 50.6 Å². The Morgan fingerprint density at radius 2 is 1.71 bits per heavy atom. The first-order chi connectivity index (χ1) is 1.91. The number of hydrogen-bond acceptors (Lipinski definition) is 1. The van der Waals surface area contributed by atoms with Crippen LogP contribution in [0.25, 0.3) is 0 Å². The molecule has 0 bridgehead atoms. The van der Waals surface area contributed by atoms with Gasteiger partial charge in [0.05, 0.1) is 0 Å². The molecule has 4 heteroatoms. The van der Waals surface area contributed by atoms with Gasteiger partial charge in [-0.1, -0.05) is 0 Å². The second-order valence-corrected chi connectivity index (χ2v) is 0.322. The average molecular weight is 241 g/mol. The molecule has 1 radical (unpaired) electrons. The van der Waals surface area contributed by atoms with Gasteiger partial charge in [0.2, 0.25) is 0 Å². The summed E-state index contributed by atoms with van der Waals surface area (Å²) in [5.41, 5.74) is 0. The van der Waals surface area contributed by atoms with Gasteiger partial charge in [0.1, 0.15) is 0 Å². The number of hydrogen-bond donors (Lipinski definition) is 0. The first-order valence-electron chi connectivity index (χ1n) is 0.901. The maximum Gasteiger partial charge on any atom is 1.00 e. The van der Waals surface area contributed by atoms with E-state index in [1.807, 2.05) is 0 Å². The molecule has 0 aliphatic heterocycles. The van der Waals surface area contributed by atoms with Gasteiger partial charge in [0.25, 0.3) is 0 Å². The van der Waals surface area contributed by atoms with Gasteiger partial charge < -0.3 is 4.79 Å². The molecule has 0 aromatic heterocycles. The molecule has 0 aromatic carbocycles. The van der Waals surface area contributed by atoms with Crippen molar-refractivity contribution in [3.05, 3.63) is 12.7 Å². The monoisotopic (exact) mass is 239 g/mol. The van der Waals surface area contributed by atoms with Crippen molar-refractivity contribution >= 4 is 6.29 Å². The quantitative estimate of drug-likeness (QED) is 0.366. The zero-order chi connectivity index (χ0) is 3.41. The minimum absolute atomic E-state index is 0. The van der Waals surface area contributed by atoms with Gasteiger partial charge in [-0.3, -0.25) is 0 Å². The fourth-order valence-corrected chi connectivity index (χ4v) is 0. The van der Waals surface area contributed by atoms with E-state index in [1.165, 1.54) is 6.29 Å². The van der Waals surface area contributed by atoms with Gasteiger partial charge in [-0.15, -0.1) is 0 Å². The van der Waals surface area contributed by atoms with Crippen molar-refractivity contribution in [2.45, 2.75) is 0 Å². The summed E-state index contributed by atoms with van der Waals surface area (Å²) in [5.74, 6) is 0. The summed E-state index contributed by atoms with van der Waals surface area (Å²) in [6.07, 6.45) is 2.51. The minimum Gasteiger partial charge on any atom is -0.419 e. The molecule has 0 saturated heterocycles. The molecular weight excluding hydrogens is 238 g/mol. The van der Waals surface area contributed by atoms with Crippen LogP contribution in [-0.2, 0) is 55.4 Å². The standard InChI is InChI=1S/C3H3O.2Cu.Ni/c1-2-3-4;;;/h2H,1H2;;;/q-1;;+1;. The van der Waals surface area contributed by atoms with Gasteiger partial charge in [-0.25, -0.2) is 12.7 Å². The molecule has 53 valence electrons. The molecule has 0 rings (SSSR count). The molecule has 0 saturated carbocycles. The second-order valence-electron chi connectivity index (χ2n) is 0.322. The van der Waals surface area contributed by atoms with Crippen molar-refractivity contribution in [3.8, 4) is 0 Å². The van der Waals surface area contributed by atoms with Crippen LogP contribution in [0.3, 0.4) is 0 Å². The zero-order valence-corrected chi connectivity index (χ0v) is 5.98. The van der Waals surface area contributed by atoms with E-state index >= 15 is 0 Å². The van der Waals surface area contributed by atoms with Crippen LogP contribution in [0.5, 0.6) is 0 Å². The maximum absolute atomic E-state index is 8.93. The van der Waals surface area contributed by atoms with Crippen molar-refractivity contribution in [2.24, 2.45) is 0 Å². The summed E-state index contributed by atoms with van der Waals surface area (Å²) in [5, 5.41) is 0. The number of allylic oxidation sites excluding steroid dienone is 1. The normalized spacial score (nSPS) is 2.86. The molecule has 0 heterocycles. The SMILES string of the molecule is C=C[C-]=O.[Cu+].[Cu].[Ni]. The third-order valence-corrected chi connectivity index (χ3v) is 0.0833. The number of rotatable bonds is 1. The van der Waals surface area contributed by atoms with Crippen molar-refractivity contribution in [1.29, 1.82) is 0 Å². The molecule has 0 aliphatic rings. The maximum atomic E-state index is 8.93. The average Bonchev–Trinajstić information content (AvgIpc) is 1.37. The van der Waals surface area contributed by atoms with Crippen molar-refractivity contribution in [2.75, 3.05) is 0 Å². The Kier molecular flexibility index (Phi) is 99.6. The molecule has 0 spiro atoms. The molecule has 1 nitrogen and oxygen atoms in total. The molecule has 0 aromatic rings. The van der Waals surface area contributed by atoms with Crippen LogP contribution < -0.4 is 0 Å². The van der Waals surface area contributed by atoms with Crippen LogP contribution in [-0.4, -0.2) is 6.29 Å². The van der Waals surface area contributed by atoms with Crippen LogP contribution in [0.1, 0.15) is 0 Å². The van der Waals surface area contributed by atoms with Gasteiger partial charge in [-0.2, -0.15) is 0 Å². The smallest absolute Gasteiger partial charge is 0.419 e. The van der Waals surface area contributed by atoms with E-state index in [2.05, 4.69) is 6.58 Å². The predicted molar refractivity (Wildman–Crippen MR) is 15.9 cm³/mol. The van der Waals surface area contributed by atoms with Crippen LogP contribution in [0.15, 0.2) is 12.7 Å². The Morgan fingerprint density at radius 3 is 1.71 bits per heavy atom. The first kappa shape index (κ1) is 24.6. The van der Waals surface area contributed by atoms with Gasteiger partial charge in [0, 0.05) is 33.6 Å². The fraction of sp³-hybridized carbons (Fsp3) is 0. The summed E-state index contributed by atoms with van der Waals surface area (Å²) in [7, 11) is 0. The van der Waals surface area contributed by atoms with Crippen LogP contribution in [0.2, 0.25) is 0 Å². The van der Waals surface area contributed by atoms with Gasteiger partial charge in [-0.05, 0) is 6.29 Å². The molecule has 0 amide bonds. The zero-order valence-electron chi connectivity index (χ0n) is 3.11. The fourth-order valence-electron chi connectivity index (χ4n) is 0. The Bertz CT molecular complexity index is 33.9. The van der Waals surface area contributed by atoms with Crippen molar-refractivity contribution in [1.82, 2.24) is 0 Å². The molecule has 0 N–H and O–H groups in total. The van der Waals surface area contributed by atoms with Gasteiger partial charge in [0.15, 0.2) is 0 Å². The third kappa shape index (κ3) is 44.9. The molecular formula is C3H3Cu2NiO. The van der Waals surface area contributed by atoms with Crippen LogP contribution in [0.4, 0.5) is 0 Å². The summed E-state index contributed by atoms with van der Waals surface area (Å²) in [6, 6.07) is 0.